The van der Waals surface area contributed by atoms with E-state index in [0.717, 1.165) is 54.8 Å². The molecule has 0 spiro atoms. The highest BCUT2D eigenvalue weighted by Gasteiger charge is 2.51. The largest absolute Gasteiger partial charge is 0.351 e. The van der Waals surface area contributed by atoms with E-state index in [0.29, 0.717) is 12.3 Å². The number of nitrogens with zero attached hydrogens (tertiary/aromatic N) is 2. The fourth-order valence-corrected chi connectivity index (χ4v) is 7.04. The van der Waals surface area contributed by atoms with Crippen LogP contribution in [0, 0.1) is 24.7 Å². The van der Waals surface area contributed by atoms with Gasteiger partial charge in [-0.2, -0.15) is 0 Å². The Hall–Kier alpha value is -2.23. The molecule has 1 N–H and O–H groups in total. The lowest BCUT2D eigenvalue weighted by Crippen LogP contribution is -2.59. The van der Waals surface area contributed by atoms with E-state index in [2.05, 4.69) is 40.4 Å². The maximum atomic E-state index is 12.7. The summed E-state index contributed by atoms with van der Waals surface area (Å²) in [6.45, 7) is 2.08. The topological polar surface area (TPSA) is 54.9 Å². The second-order valence-corrected chi connectivity index (χ2v) is 10.9. The van der Waals surface area contributed by atoms with Crippen LogP contribution in [0.25, 0.3) is 11.4 Å². The van der Waals surface area contributed by atoms with Gasteiger partial charge >= 0.3 is 0 Å². The Morgan fingerprint density at radius 1 is 0.906 bits per heavy atom. The summed E-state index contributed by atoms with van der Waals surface area (Å²) in [6, 6.07) is 8.37. The van der Waals surface area contributed by atoms with Crippen LogP contribution in [0.4, 0.5) is 0 Å². The lowest BCUT2D eigenvalue weighted by atomic mass is 9.53. The molecule has 1 amide bonds. The number of carbonyl (C=O) groups excluding carboxylic acids is 1. The van der Waals surface area contributed by atoms with E-state index in [4.69, 9.17) is 0 Å². The molecule has 4 saturated carbocycles. The molecule has 32 heavy (non-hydrogen) atoms. The number of hydrogen-bond donors (Lipinski definition) is 1. The molecule has 4 aliphatic carbocycles. The number of nitrogens with one attached hydrogen (secondary N) is 1. The van der Waals surface area contributed by atoms with E-state index in [1.807, 2.05) is 18.5 Å². The van der Waals surface area contributed by atoms with Crippen molar-refractivity contribution in [3.8, 4) is 11.4 Å². The summed E-state index contributed by atoms with van der Waals surface area (Å²) in [4.78, 5) is 21.6. The zero-order valence-electron chi connectivity index (χ0n) is 19.5. The third kappa shape index (κ3) is 5.05. The van der Waals surface area contributed by atoms with Gasteiger partial charge in [0.25, 0.3) is 0 Å². The molecule has 0 radical (unpaired) electrons. The zero-order chi connectivity index (χ0) is 22.0. The highest BCUT2D eigenvalue weighted by Crippen LogP contribution is 2.55. The second-order valence-electron chi connectivity index (χ2n) is 10.9. The average Bonchev–Trinajstić information content (AvgIpc) is 2.75. The maximum absolute atomic E-state index is 12.7. The van der Waals surface area contributed by atoms with Gasteiger partial charge in [-0.15, -0.1) is 0 Å². The SMILES string of the molecule is Cc1ccnc(-c2cc(CCCCCCC(=O)NC34CC5CC(CC(C5)C3)C4)ccn2)c1. The van der Waals surface area contributed by atoms with E-state index in [9.17, 15) is 4.79 Å². The van der Waals surface area contributed by atoms with Crippen LogP contribution in [0.2, 0.25) is 0 Å². The van der Waals surface area contributed by atoms with E-state index >= 15 is 0 Å². The van der Waals surface area contributed by atoms with Gasteiger partial charge in [0, 0.05) is 24.4 Å². The molecule has 6 rings (SSSR count). The van der Waals surface area contributed by atoms with Crippen molar-refractivity contribution in [3.05, 3.63) is 47.8 Å². The molecule has 0 aliphatic heterocycles. The highest BCUT2D eigenvalue weighted by molar-refractivity contribution is 5.76. The van der Waals surface area contributed by atoms with Crippen LogP contribution in [0.5, 0.6) is 0 Å². The van der Waals surface area contributed by atoms with Crippen LogP contribution in [0.3, 0.4) is 0 Å². The summed E-state index contributed by atoms with van der Waals surface area (Å²) in [5.74, 6) is 2.96. The smallest absolute Gasteiger partial charge is 0.220 e. The molecule has 0 saturated heterocycles. The monoisotopic (exact) mass is 431 g/mol. The Kier molecular flexibility index (Phi) is 6.30. The lowest BCUT2D eigenvalue weighted by Gasteiger charge is -2.56. The predicted molar refractivity (Wildman–Crippen MR) is 128 cm³/mol. The van der Waals surface area contributed by atoms with Gasteiger partial charge in [-0.25, -0.2) is 0 Å². The van der Waals surface area contributed by atoms with Crippen LogP contribution >= 0.6 is 0 Å². The van der Waals surface area contributed by atoms with Gasteiger partial charge in [0.2, 0.25) is 5.91 Å². The third-order valence-electron chi connectivity index (χ3n) is 8.06. The van der Waals surface area contributed by atoms with E-state index < -0.39 is 0 Å². The minimum Gasteiger partial charge on any atom is -0.351 e. The molecule has 2 heterocycles. The van der Waals surface area contributed by atoms with Crippen molar-refractivity contribution in [2.75, 3.05) is 0 Å². The van der Waals surface area contributed by atoms with Gasteiger partial charge in [-0.05, 0) is 118 Å². The van der Waals surface area contributed by atoms with Gasteiger partial charge in [-0.3, -0.25) is 14.8 Å². The number of pyridine rings is 2. The number of hydrogen-bond acceptors (Lipinski definition) is 3. The molecular formula is C28H37N3O. The Bertz CT molecular complexity index is 918. The maximum Gasteiger partial charge on any atom is 0.220 e. The zero-order valence-corrected chi connectivity index (χ0v) is 19.5. The number of carbonyl (C=O) groups is 1. The highest BCUT2D eigenvalue weighted by atomic mass is 16.1. The van der Waals surface area contributed by atoms with Crippen LogP contribution in [-0.2, 0) is 11.2 Å². The summed E-state index contributed by atoms with van der Waals surface area (Å²) >= 11 is 0. The molecule has 2 aromatic rings. The third-order valence-corrected chi connectivity index (χ3v) is 8.06. The Labute approximate surface area is 192 Å². The van der Waals surface area contributed by atoms with Crippen molar-refractivity contribution in [2.45, 2.75) is 89.5 Å². The molecule has 0 unspecified atom stereocenters. The molecule has 4 bridgehead atoms. The van der Waals surface area contributed by atoms with Gasteiger partial charge in [0.05, 0.1) is 11.4 Å². The van der Waals surface area contributed by atoms with Gasteiger partial charge in [-0.1, -0.05) is 12.8 Å². The molecule has 4 aliphatic rings. The van der Waals surface area contributed by atoms with Crippen molar-refractivity contribution in [1.29, 1.82) is 0 Å². The lowest BCUT2D eigenvalue weighted by molar-refractivity contribution is -0.127. The van der Waals surface area contributed by atoms with E-state index in [1.165, 1.54) is 56.1 Å². The first-order chi connectivity index (χ1) is 15.6. The molecule has 170 valence electrons. The quantitative estimate of drug-likeness (QED) is 0.493. The van der Waals surface area contributed by atoms with Crippen LogP contribution in [0.1, 0.15) is 81.8 Å². The minimum atomic E-state index is 0.164. The summed E-state index contributed by atoms with van der Waals surface area (Å²) in [6.07, 6.45) is 18.0. The number of rotatable bonds is 9. The van der Waals surface area contributed by atoms with E-state index in [-0.39, 0.29) is 5.54 Å². The van der Waals surface area contributed by atoms with Crippen molar-refractivity contribution < 1.29 is 4.79 Å². The number of unbranched alkanes of at least 4 members (excludes halogenated alkanes) is 3. The van der Waals surface area contributed by atoms with Gasteiger partial charge in [0.15, 0.2) is 0 Å². The Balaban J connectivity index is 1.02. The van der Waals surface area contributed by atoms with Gasteiger partial charge < -0.3 is 5.32 Å². The van der Waals surface area contributed by atoms with E-state index in [1.54, 1.807) is 0 Å². The number of aryl methyl sites for hydroxylation is 2. The first-order valence-electron chi connectivity index (χ1n) is 12.8. The molecule has 0 atom stereocenters. The van der Waals surface area contributed by atoms with Crippen molar-refractivity contribution in [3.63, 3.8) is 0 Å². The summed E-state index contributed by atoms with van der Waals surface area (Å²) in [7, 11) is 0. The fraction of sp³-hybridized carbons (Fsp3) is 0.607. The molecule has 4 fully saturated rings. The van der Waals surface area contributed by atoms with Crippen molar-refractivity contribution >= 4 is 5.91 Å². The summed E-state index contributed by atoms with van der Waals surface area (Å²) in [5, 5.41) is 3.52. The molecule has 2 aromatic heterocycles. The first-order valence-corrected chi connectivity index (χ1v) is 12.8. The average molecular weight is 432 g/mol. The van der Waals surface area contributed by atoms with Crippen LogP contribution in [-0.4, -0.2) is 21.4 Å². The normalized spacial score (nSPS) is 28.1. The van der Waals surface area contributed by atoms with Crippen molar-refractivity contribution in [1.82, 2.24) is 15.3 Å². The number of amides is 1. The van der Waals surface area contributed by atoms with Gasteiger partial charge in [0.1, 0.15) is 0 Å². The predicted octanol–water partition coefficient (Wildman–Crippen LogP) is 6.03. The number of aromatic nitrogens is 2. The molecule has 4 nitrogen and oxygen atoms in total. The van der Waals surface area contributed by atoms with Crippen molar-refractivity contribution in [2.24, 2.45) is 17.8 Å². The second kappa shape index (κ2) is 9.33. The minimum absolute atomic E-state index is 0.164. The van der Waals surface area contributed by atoms with Crippen LogP contribution in [0.15, 0.2) is 36.7 Å². The summed E-state index contributed by atoms with van der Waals surface area (Å²) in [5.41, 5.74) is 4.58. The Morgan fingerprint density at radius 3 is 2.22 bits per heavy atom. The molecular weight excluding hydrogens is 394 g/mol. The summed E-state index contributed by atoms with van der Waals surface area (Å²) < 4.78 is 0. The first kappa shape index (κ1) is 21.6. The fourth-order valence-electron chi connectivity index (χ4n) is 7.04. The molecule has 4 heteroatoms. The standard InChI is InChI=1S/C28H37N3O/c1-20-8-10-29-25(12-20)26-16-21(9-11-30-26)6-4-2-3-5-7-27(32)31-28-17-22-13-23(18-28)15-24(14-22)19-28/h8-12,16,22-24H,2-7,13-15,17-19H2,1H3,(H,31,32). The molecule has 0 aromatic carbocycles. The Morgan fingerprint density at radius 2 is 1.53 bits per heavy atom. The van der Waals surface area contributed by atoms with Crippen LogP contribution < -0.4 is 5.32 Å².